The topological polar surface area (TPSA) is 54.6 Å². The van der Waals surface area contributed by atoms with E-state index in [0.29, 0.717) is 13.0 Å². The molecule has 1 N–H and O–H groups in total. The Morgan fingerprint density at radius 3 is 2.40 bits per heavy atom. The first kappa shape index (κ1) is 20.4. The summed E-state index contributed by atoms with van der Waals surface area (Å²) in [6.07, 6.45) is 0.428. The molecular weight excluding hydrogens is 326 g/mol. The van der Waals surface area contributed by atoms with Crippen molar-refractivity contribution in [2.24, 2.45) is 0 Å². The number of rotatable bonds is 7. The maximum atomic E-state index is 11.9. The molecule has 4 nitrogen and oxygen atoms in total. The van der Waals surface area contributed by atoms with Crippen molar-refractivity contribution in [3.05, 3.63) is 41.2 Å². The van der Waals surface area contributed by atoms with Crippen LogP contribution < -0.4 is 58.2 Å². The Balaban J connectivity index is 0.00000361. The molecule has 0 fully saturated rings. The Bertz CT molecular complexity index is 385. The summed E-state index contributed by atoms with van der Waals surface area (Å²) >= 11 is 0. The molecule has 0 saturated carbocycles. The number of hydrogen-bond acceptors (Lipinski definition) is 2. The van der Waals surface area contributed by atoms with Gasteiger partial charge in [-0.25, -0.2) is 0 Å². The fourth-order valence-corrected chi connectivity index (χ4v) is 1.86. The fourth-order valence-electron chi connectivity index (χ4n) is 1.86. The molecule has 1 rings (SSSR count). The number of aliphatic hydroxyl groups is 1. The Hall–Kier alpha value is 0.415. The number of carbonyl (C=O) groups excluding carboxylic acids is 1. The minimum Gasteiger partial charge on any atom is -0.657 e. The first-order chi connectivity index (χ1) is 9.06. The first-order valence-electron chi connectivity index (χ1n) is 6.66. The van der Waals surface area contributed by atoms with Crippen LogP contribution in [0.2, 0.25) is 0 Å². The van der Waals surface area contributed by atoms with Crippen LogP contribution in [0.3, 0.4) is 0 Å². The maximum absolute atomic E-state index is 11.9. The monoisotopic (exact) mass is 348 g/mol. The van der Waals surface area contributed by atoms with Crippen molar-refractivity contribution in [1.29, 1.82) is 0 Å². The van der Waals surface area contributed by atoms with Crippen LogP contribution in [0.25, 0.3) is 5.32 Å². The number of amides is 1. The van der Waals surface area contributed by atoms with Crippen molar-refractivity contribution in [2.75, 3.05) is 20.6 Å². The normalized spacial score (nSPS) is 13.2. The molecule has 0 aliphatic heterocycles. The molecule has 0 saturated heterocycles. The zero-order valence-electron chi connectivity index (χ0n) is 12.9. The van der Waals surface area contributed by atoms with E-state index in [1.165, 1.54) is 4.90 Å². The summed E-state index contributed by atoms with van der Waals surface area (Å²) in [6.45, 7) is 2.69. The van der Waals surface area contributed by atoms with E-state index in [1.54, 1.807) is 14.1 Å². The van der Waals surface area contributed by atoms with Crippen LogP contribution >= 0.6 is 0 Å². The van der Waals surface area contributed by atoms with E-state index >= 15 is 0 Å². The van der Waals surface area contributed by atoms with Gasteiger partial charge in [0.25, 0.3) is 0 Å². The van der Waals surface area contributed by atoms with Gasteiger partial charge in [-0.3, -0.25) is 4.79 Å². The molecule has 0 spiro atoms. The van der Waals surface area contributed by atoms with Crippen molar-refractivity contribution in [1.82, 2.24) is 4.90 Å². The SMILES string of the molecule is CCC[N-]C(Cc1ccccc1)C(O)C(=O)N(C)C.[Rb+]. The standard InChI is InChI=1S/C15H23N2O2.Rb/c1-4-10-16-13(14(18)15(19)17(2)3)11-12-8-6-5-7-9-12;/h5-9,13-14,18H,4,10-11H2,1-3H3;/q-1;+1. The number of nitrogens with zero attached hydrogens (tertiary/aromatic N) is 2. The van der Waals surface area contributed by atoms with E-state index in [0.717, 1.165) is 12.0 Å². The van der Waals surface area contributed by atoms with Crippen molar-refractivity contribution in [3.63, 3.8) is 0 Å². The predicted molar refractivity (Wildman–Crippen MR) is 77.2 cm³/mol. The van der Waals surface area contributed by atoms with E-state index in [1.807, 2.05) is 37.3 Å². The van der Waals surface area contributed by atoms with Crippen LogP contribution in [0.4, 0.5) is 0 Å². The van der Waals surface area contributed by atoms with E-state index < -0.39 is 6.10 Å². The molecule has 0 aliphatic carbocycles. The average Bonchev–Trinajstić information content (AvgIpc) is 2.42. The summed E-state index contributed by atoms with van der Waals surface area (Å²) in [5, 5.41) is 14.6. The summed E-state index contributed by atoms with van der Waals surface area (Å²) in [6, 6.07) is 9.45. The molecule has 1 amide bonds. The smallest absolute Gasteiger partial charge is 0.657 e. The van der Waals surface area contributed by atoms with Crippen LogP contribution in [0, 0.1) is 0 Å². The van der Waals surface area contributed by atoms with Crippen LogP contribution in [0.1, 0.15) is 18.9 Å². The maximum Gasteiger partial charge on any atom is 1.00 e. The average molecular weight is 349 g/mol. The van der Waals surface area contributed by atoms with Crippen LogP contribution in [0.15, 0.2) is 30.3 Å². The summed E-state index contributed by atoms with van der Waals surface area (Å²) in [5.74, 6) is -0.291. The van der Waals surface area contributed by atoms with Crippen molar-refractivity contribution in [2.45, 2.75) is 31.9 Å². The van der Waals surface area contributed by atoms with Crippen molar-refractivity contribution in [3.8, 4) is 0 Å². The molecule has 1 aromatic carbocycles. The number of carbonyl (C=O) groups is 1. The molecule has 2 atom stereocenters. The Labute approximate surface area is 170 Å². The number of aliphatic hydroxyl groups excluding tert-OH is 1. The molecule has 0 aliphatic rings. The number of benzene rings is 1. The van der Waals surface area contributed by atoms with Crippen LogP contribution in [-0.4, -0.2) is 48.7 Å². The van der Waals surface area contributed by atoms with E-state index in [-0.39, 0.29) is 70.1 Å². The van der Waals surface area contributed by atoms with Gasteiger partial charge in [0.15, 0.2) is 0 Å². The Kier molecular flexibility index (Phi) is 11.3. The van der Waals surface area contributed by atoms with Gasteiger partial charge in [0, 0.05) is 14.1 Å². The second-order valence-electron chi connectivity index (χ2n) is 4.84. The summed E-state index contributed by atoms with van der Waals surface area (Å²) in [7, 11) is 3.29. The molecule has 1 aromatic rings. The van der Waals surface area contributed by atoms with Gasteiger partial charge in [-0.15, -0.1) is 6.54 Å². The second kappa shape index (κ2) is 11.0. The first-order valence-corrected chi connectivity index (χ1v) is 6.66. The largest absolute Gasteiger partial charge is 1.00 e. The molecule has 5 heteroatoms. The summed E-state index contributed by atoms with van der Waals surface area (Å²) < 4.78 is 0. The minimum atomic E-state index is -1.07. The third kappa shape index (κ3) is 6.92. The quantitative estimate of drug-likeness (QED) is 0.675. The molecule has 0 radical (unpaired) electrons. The van der Waals surface area contributed by atoms with Crippen molar-refractivity contribution < 1.29 is 68.1 Å². The molecular formula is C15H23N2O2Rb. The van der Waals surface area contributed by atoms with Gasteiger partial charge in [-0.05, 0) is 12.0 Å². The molecule has 0 aromatic heterocycles. The van der Waals surface area contributed by atoms with E-state index in [9.17, 15) is 9.90 Å². The fraction of sp³-hybridized carbons (Fsp3) is 0.533. The van der Waals surface area contributed by atoms with Gasteiger partial charge < -0.3 is 15.3 Å². The zero-order chi connectivity index (χ0) is 14.3. The van der Waals surface area contributed by atoms with Crippen molar-refractivity contribution >= 4 is 5.91 Å². The van der Waals surface area contributed by atoms with Gasteiger partial charge >= 0.3 is 58.2 Å². The van der Waals surface area contributed by atoms with Gasteiger partial charge in [-0.2, -0.15) is 0 Å². The second-order valence-corrected chi connectivity index (χ2v) is 4.84. The van der Waals surface area contributed by atoms with Gasteiger partial charge in [-0.1, -0.05) is 49.7 Å². The van der Waals surface area contributed by atoms with Crippen LogP contribution in [0.5, 0.6) is 0 Å². The Morgan fingerprint density at radius 2 is 1.90 bits per heavy atom. The minimum absolute atomic E-state index is 0. The molecule has 106 valence electrons. The third-order valence-electron chi connectivity index (χ3n) is 2.93. The van der Waals surface area contributed by atoms with Crippen LogP contribution in [-0.2, 0) is 11.2 Å². The number of hydrogen-bond donors (Lipinski definition) is 1. The van der Waals surface area contributed by atoms with Gasteiger partial charge in [0.1, 0.15) is 6.10 Å². The van der Waals surface area contributed by atoms with Gasteiger partial charge in [0.05, 0.1) is 0 Å². The van der Waals surface area contributed by atoms with Gasteiger partial charge in [0.2, 0.25) is 5.91 Å². The molecule has 2 unspecified atom stereocenters. The molecule has 20 heavy (non-hydrogen) atoms. The van der Waals surface area contributed by atoms with E-state index in [2.05, 4.69) is 5.32 Å². The summed E-state index contributed by atoms with van der Waals surface area (Å²) in [5.41, 5.74) is 1.08. The zero-order valence-corrected chi connectivity index (χ0v) is 17.8. The molecule has 0 bridgehead atoms. The molecule has 0 heterocycles. The third-order valence-corrected chi connectivity index (χ3v) is 2.93. The Morgan fingerprint density at radius 1 is 1.30 bits per heavy atom. The predicted octanol–water partition coefficient (Wildman–Crippen LogP) is -1.17. The number of likely N-dealkylation sites (N-methyl/N-ethyl adjacent to an activating group) is 1. The van der Waals surface area contributed by atoms with E-state index in [4.69, 9.17) is 0 Å². The summed E-state index contributed by atoms with van der Waals surface area (Å²) in [4.78, 5) is 13.3.